The Morgan fingerprint density at radius 2 is 1.41 bits per heavy atom. The number of carbonyl (C=O) groups excluding carboxylic acids is 2. The van der Waals surface area contributed by atoms with Crippen molar-refractivity contribution in [2.45, 2.75) is 78.1 Å². The second-order valence-corrected chi connectivity index (χ2v) is 12.1. The minimum Gasteiger partial charge on any atom is -0.493 e. The van der Waals surface area contributed by atoms with E-state index in [2.05, 4.69) is 19.6 Å². The van der Waals surface area contributed by atoms with Gasteiger partial charge in [0.25, 0.3) is 11.1 Å². The molecule has 2 N–H and O–H groups in total. The average molecular weight is 683 g/mol. The summed E-state index contributed by atoms with van der Waals surface area (Å²) < 4.78 is 40.5. The lowest BCUT2D eigenvalue weighted by Gasteiger charge is -2.33. The Balaban J connectivity index is 1.72. The molecule has 12 nitrogen and oxygen atoms in total. The molecule has 0 saturated carbocycles. The monoisotopic (exact) mass is 682 g/mol. The number of hydrogen-bond donors (Lipinski definition) is 2. The molecule has 14 heteroatoms. The van der Waals surface area contributed by atoms with Crippen LogP contribution < -0.4 is 32.0 Å². The molecule has 1 aliphatic carbocycles. The number of allylic oxidation sites excluding steroid dienone is 3. The molecule has 2 atom stereocenters. The summed E-state index contributed by atoms with van der Waals surface area (Å²) in [5, 5.41) is 0. The number of nitrogens with zero attached hydrogens (tertiary/aromatic N) is 2. The van der Waals surface area contributed by atoms with Gasteiger partial charge < -0.3 is 19.4 Å². The van der Waals surface area contributed by atoms with Gasteiger partial charge in [-0.05, 0) is 63.1 Å². The van der Waals surface area contributed by atoms with Gasteiger partial charge in [-0.15, -0.1) is 0 Å². The van der Waals surface area contributed by atoms with Gasteiger partial charge in [-0.25, -0.2) is 9.59 Å². The van der Waals surface area contributed by atoms with Crippen molar-refractivity contribution in [1.29, 1.82) is 0 Å². The van der Waals surface area contributed by atoms with Crippen molar-refractivity contribution in [2.24, 2.45) is 5.92 Å². The Kier molecular flexibility index (Phi) is 12.2. The molecule has 0 aliphatic heterocycles. The predicted molar refractivity (Wildman–Crippen MR) is 178 cm³/mol. The van der Waals surface area contributed by atoms with Gasteiger partial charge in [0.05, 0.1) is 26.1 Å². The van der Waals surface area contributed by atoms with Crippen molar-refractivity contribution in [3.8, 4) is 11.5 Å². The lowest BCUT2D eigenvalue weighted by Crippen LogP contribution is -2.41. The Hall–Kier alpha value is -5.14. The van der Waals surface area contributed by atoms with Crippen molar-refractivity contribution in [2.75, 3.05) is 13.2 Å². The highest BCUT2D eigenvalue weighted by molar-refractivity contribution is 5.79. The van der Waals surface area contributed by atoms with E-state index >= 15 is 0 Å². The number of halogens is 2. The summed E-state index contributed by atoms with van der Waals surface area (Å²) in [6, 6.07) is 3.68. The van der Waals surface area contributed by atoms with Gasteiger partial charge >= 0.3 is 11.4 Å². The van der Waals surface area contributed by atoms with E-state index < -0.39 is 58.8 Å². The standard InChI is InChI=1S/C35H40F2N4O8/c1-5-6-7-8-22-16-27(48-13-11-29(42)40-32(44)25(36)18-38-34(40)46)31(24-15-21(4)9-10-23(24)20(2)3)28(17-22)49-14-12-30(43)41-33(45)26(37)19-39-35(41)47/h15-19,23-24H,2,5-14H2,1,3-4H3,(H,38,46)(H,39,47)/t23-,24?/m0/s1. The zero-order chi connectivity index (χ0) is 35.8. The maximum absolute atomic E-state index is 13.8. The fourth-order valence-corrected chi connectivity index (χ4v) is 5.93. The number of hydrogen-bond acceptors (Lipinski definition) is 8. The minimum atomic E-state index is -1.37. The first-order valence-electron chi connectivity index (χ1n) is 16.2. The van der Waals surface area contributed by atoms with E-state index in [-0.39, 0.29) is 34.2 Å². The number of ether oxygens (including phenoxy) is 2. The first kappa shape index (κ1) is 36.7. The van der Waals surface area contributed by atoms with Crippen LogP contribution >= 0.6 is 0 Å². The Labute approximate surface area is 280 Å². The Morgan fingerprint density at radius 1 is 0.898 bits per heavy atom. The Morgan fingerprint density at radius 3 is 1.88 bits per heavy atom. The summed E-state index contributed by atoms with van der Waals surface area (Å²) in [6.07, 6.45) is 7.43. The van der Waals surface area contributed by atoms with Crippen LogP contribution in [0.1, 0.15) is 92.4 Å². The molecule has 2 aromatic heterocycles. The van der Waals surface area contributed by atoms with Crippen LogP contribution in [0.5, 0.6) is 11.5 Å². The van der Waals surface area contributed by atoms with Gasteiger partial charge in [-0.3, -0.25) is 19.2 Å². The first-order valence-corrected chi connectivity index (χ1v) is 16.2. The van der Waals surface area contributed by atoms with Gasteiger partial charge in [0, 0.05) is 23.9 Å². The third-order valence-electron chi connectivity index (χ3n) is 8.46. The quantitative estimate of drug-likeness (QED) is 0.184. The third kappa shape index (κ3) is 8.67. The molecule has 1 aliphatic rings. The summed E-state index contributed by atoms with van der Waals surface area (Å²) in [4.78, 5) is 78.3. The zero-order valence-electron chi connectivity index (χ0n) is 27.7. The van der Waals surface area contributed by atoms with Crippen molar-refractivity contribution in [3.05, 3.63) is 113 Å². The number of carbonyl (C=O) groups is 2. The number of aromatic amines is 2. The summed E-state index contributed by atoms with van der Waals surface area (Å²) in [5.41, 5.74) is -1.42. The summed E-state index contributed by atoms with van der Waals surface area (Å²) in [5.74, 6) is -4.09. The van der Waals surface area contributed by atoms with Gasteiger partial charge in [0.2, 0.25) is 23.4 Å². The number of rotatable bonds is 14. The van der Waals surface area contributed by atoms with Crippen LogP contribution in [0.4, 0.5) is 8.78 Å². The van der Waals surface area contributed by atoms with Crippen molar-refractivity contribution in [3.63, 3.8) is 0 Å². The van der Waals surface area contributed by atoms with E-state index in [9.17, 15) is 37.5 Å². The second kappa shape index (κ2) is 16.3. The molecule has 1 aromatic carbocycles. The second-order valence-electron chi connectivity index (χ2n) is 12.1. The number of nitrogens with one attached hydrogen (secondary N) is 2. The lowest BCUT2D eigenvalue weighted by atomic mass is 9.73. The summed E-state index contributed by atoms with van der Waals surface area (Å²) in [6.45, 7) is 9.64. The van der Waals surface area contributed by atoms with Crippen LogP contribution in [-0.2, 0) is 6.42 Å². The maximum Gasteiger partial charge on any atom is 0.335 e. The molecule has 0 saturated heterocycles. The van der Waals surface area contributed by atoms with E-state index in [0.717, 1.165) is 48.8 Å². The number of aryl methyl sites for hydroxylation is 1. The molecule has 0 amide bonds. The van der Waals surface area contributed by atoms with Gasteiger partial charge in [-0.1, -0.05) is 43.6 Å². The highest BCUT2D eigenvalue weighted by Crippen LogP contribution is 2.47. The topological polar surface area (TPSA) is 162 Å². The molecule has 0 radical (unpaired) electrons. The fourth-order valence-electron chi connectivity index (χ4n) is 5.93. The van der Waals surface area contributed by atoms with Gasteiger partial charge in [0.1, 0.15) is 11.5 Å². The van der Waals surface area contributed by atoms with Crippen LogP contribution in [0.25, 0.3) is 0 Å². The molecular weight excluding hydrogens is 642 g/mol. The first-order chi connectivity index (χ1) is 23.3. The predicted octanol–water partition coefficient (Wildman–Crippen LogP) is 4.63. The van der Waals surface area contributed by atoms with Crippen LogP contribution in [0.3, 0.4) is 0 Å². The number of aromatic nitrogens is 4. The highest BCUT2D eigenvalue weighted by Gasteiger charge is 2.32. The molecule has 49 heavy (non-hydrogen) atoms. The van der Waals surface area contributed by atoms with Gasteiger partial charge in [0.15, 0.2) is 0 Å². The molecule has 4 rings (SSSR count). The van der Waals surface area contributed by atoms with Crippen LogP contribution in [0.2, 0.25) is 0 Å². The number of H-pyrrole nitrogens is 2. The van der Waals surface area contributed by atoms with Crippen LogP contribution in [0.15, 0.2) is 67.5 Å². The lowest BCUT2D eigenvalue weighted by molar-refractivity contribution is 0.0861. The van der Waals surface area contributed by atoms with E-state index in [4.69, 9.17) is 9.47 Å². The van der Waals surface area contributed by atoms with Crippen LogP contribution in [0, 0.1) is 17.6 Å². The number of unbranched alkanes of at least 4 members (excludes halogenated alkanes) is 2. The van der Waals surface area contributed by atoms with Crippen LogP contribution in [-0.4, -0.2) is 44.1 Å². The molecule has 3 aromatic rings. The molecule has 0 spiro atoms. The molecule has 0 bridgehead atoms. The third-order valence-corrected chi connectivity index (χ3v) is 8.46. The molecular formula is C35H40F2N4O8. The number of benzene rings is 1. The maximum atomic E-state index is 13.8. The summed E-state index contributed by atoms with van der Waals surface area (Å²) >= 11 is 0. The Bertz CT molecular complexity index is 1890. The largest absolute Gasteiger partial charge is 0.493 e. The van der Waals surface area contributed by atoms with Crippen molar-refractivity contribution < 1.29 is 27.8 Å². The fraction of sp³-hybridized carbons (Fsp3) is 0.429. The molecule has 1 unspecified atom stereocenters. The van der Waals surface area contributed by atoms with E-state index in [1.807, 2.05) is 35.9 Å². The van der Waals surface area contributed by atoms with E-state index in [0.29, 0.717) is 35.9 Å². The average Bonchev–Trinajstić information content (AvgIpc) is 3.05. The van der Waals surface area contributed by atoms with Crippen molar-refractivity contribution >= 4 is 11.8 Å². The van der Waals surface area contributed by atoms with Gasteiger partial charge in [-0.2, -0.15) is 17.9 Å². The highest BCUT2D eigenvalue weighted by atomic mass is 19.1. The van der Waals surface area contributed by atoms with E-state index in [1.165, 1.54) is 0 Å². The van der Waals surface area contributed by atoms with Crippen molar-refractivity contribution in [1.82, 2.24) is 19.1 Å². The van der Waals surface area contributed by atoms with E-state index in [1.54, 1.807) is 0 Å². The smallest absolute Gasteiger partial charge is 0.335 e. The molecule has 0 fully saturated rings. The molecule has 262 valence electrons. The SMILES string of the molecule is C=C(C)[C@@H]1CCC(C)=CC1c1c(OCCC(=O)n2c(=O)[nH]cc(F)c2=O)cc(CCCCC)cc1OCCC(=O)n1c(=O)[nH]cc(F)c1=O. The normalized spacial score (nSPS) is 15.8. The molecule has 2 heterocycles. The zero-order valence-corrected chi connectivity index (χ0v) is 27.7. The summed E-state index contributed by atoms with van der Waals surface area (Å²) in [7, 11) is 0. The minimum absolute atomic E-state index is 0.0311.